The number of rotatable bonds is 9. The fourth-order valence-electron chi connectivity index (χ4n) is 3.57. The van der Waals surface area contributed by atoms with E-state index in [1.54, 1.807) is 12.1 Å². The molecule has 0 radical (unpaired) electrons. The van der Waals surface area contributed by atoms with Crippen molar-refractivity contribution in [3.05, 3.63) is 35.0 Å². The third-order valence-corrected chi connectivity index (χ3v) is 5.96. The van der Waals surface area contributed by atoms with Crippen LogP contribution in [0.3, 0.4) is 0 Å². The van der Waals surface area contributed by atoms with Crippen LogP contribution >= 0.6 is 0 Å². The van der Waals surface area contributed by atoms with E-state index in [-0.39, 0.29) is 63.4 Å². The van der Waals surface area contributed by atoms with Gasteiger partial charge in [-0.3, -0.25) is 9.36 Å². The molecule has 0 saturated carbocycles. The summed E-state index contributed by atoms with van der Waals surface area (Å²) < 4.78 is 13.1. The van der Waals surface area contributed by atoms with Crippen molar-refractivity contribution < 1.29 is 54.9 Å². The van der Waals surface area contributed by atoms with Gasteiger partial charge in [-0.2, -0.15) is 29.4 Å². The van der Waals surface area contributed by atoms with Crippen molar-refractivity contribution in [3.63, 3.8) is 0 Å². The molecule has 0 unspecified atom stereocenters. The number of aromatic nitrogens is 6. The van der Waals surface area contributed by atoms with Crippen LogP contribution in [0.15, 0.2) is 41.6 Å². The SMILES string of the molecule is CCc1cc(N=Nc2c(CC)nn(CC)c2[O-])no1.CCc1nn(C(C)C)c([O-])c1N=Nc1cc(C(C)(C)C)on1.O=C=O.O=C=O.[Ni+2]. The second-order valence-electron chi connectivity index (χ2n) is 10.6. The quantitative estimate of drug-likeness (QED) is 0.162. The molecule has 19 heteroatoms. The van der Waals surface area contributed by atoms with Gasteiger partial charge in [0.15, 0.2) is 0 Å². The van der Waals surface area contributed by atoms with Crippen molar-refractivity contribution in [2.75, 3.05) is 0 Å². The molecule has 0 aliphatic rings. The average Bonchev–Trinajstić information content (AvgIpc) is 3.81. The van der Waals surface area contributed by atoms with Gasteiger partial charge in [-0.1, -0.05) is 51.9 Å². The van der Waals surface area contributed by atoms with Crippen molar-refractivity contribution >= 4 is 35.3 Å². The van der Waals surface area contributed by atoms with Gasteiger partial charge in [0.2, 0.25) is 11.6 Å². The molecule has 0 fully saturated rings. The van der Waals surface area contributed by atoms with E-state index in [1.807, 2.05) is 62.3 Å². The fourth-order valence-corrected chi connectivity index (χ4v) is 3.57. The molecule has 0 atom stereocenters. The van der Waals surface area contributed by atoms with Crippen LogP contribution in [0, 0.1) is 0 Å². The van der Waals surface area contributed by atoms with Crippen molar-refractivity contribution in [2.45, 2.75) is 99.6 Å². The van der Waals surface area contributed by atoms with Gasteiger partial charge >= 0.3 is 28.8 Å². The predicted molar refractivity (Wildman–Crippen MR) is 158 cm³/mol. The van der Waals surface area contributed by atoms with E-state index >= 15 is 0 Å². The first kappa shape index (κ1) is 42.9. The Balaban J connectivity index is 0.000000782. The Morgan fingerprint density at radius 3 is 1.67 bits per heavy atom. The zero-order valence-electron chi connectivity index (χ0n) is 28.1. The summed E-state index contributed by atoms with van der Waals surface area (Å²) in [6.07, 6.45) is 2.49. The summed E-state index contributed by atoms with van der Waals surface area (Å²) in [6, 6.07) is 3.41. The molecule has 18 nitrogen and oxygen atoms in total. The third-order valence-electron chi connectivity index (χ3n) is 5.96. The van der Waals surface area contributed by atoms with Crippen LogP contribution in [0.5, 0.6) is 11.8 Å². The molecule has 4 aromatic heterocycles. The van der Waals surface area contributed by atoms with Crippen LogP contribution in [0.25, 0.3) is 0 Å². The number of aryl methyl sites for hydroxylation is 4. The molecule has 0 aromatic carbocycles. The Kier molecular flexibility index (Phi) is 18.7. The van der Waals surface area contributed by atoms with Gasteiger partial charge in [0.05, 0.1) is 11.4 Å². The standard InChI is InChI=1S/C15H23N5O2.C12H17N5O2.2CO2.Ni/c1-7-10-13(14(21)20(18-10)9(2)3)17-16-12-8-11(22-19-12)15(4,5)6;1-4-8-7-10(16-19-8)13-14-11-9(5-2)15-17(6-3)12(11)18;2*2-1-3;/h8-9,21H,7H2,1-6H3;7,18H,4-6H2,1-3H3;;;/q;;;;+2/p-2. The Morgan fingerprint density at radius 1 is 0.771 bits per heavy atom. The molecule has 4 rings (SSSR count). The van der Waals surface area contributed by atoms with Gasteiger partial charge in [0.1, 0.15) is 22.9 Å². The van der Waals surface area contributed by atoms with Crippen LogP contribution in [0.4, 0.5) is 23.0 Å². The minimum atomic E-state index is -0.227. The van der Waals surface area contributed by atoms with Gasteiger partial charge in [-0.15, -0.1) is 20.5 Å². The first-order valence-corrected chi connectivity index (χ1v) is 14.6. The van der Waals surface area contributed by atoms with Gasteiger partial charge in [0, 0.05) is 48.3 Å². The van der Waals surface area contributed by atoms with Crippen molar-refractivity contribution in [2.24, 2.45) is 20.5 Å². The molecule has 0 saturated heterocycles. The monoisotopic (exact) mass is 712 g/mol. The molecule has 0 spiro atoms. The molecule has 0 aliphatic carbocycles. The summed E-state index contributed by atoms with van der Waals surface area (Å²) in [5.41, 5.74) is 1.69. The third kappa shape index (κ3) is 12.2. The molecule has 0 aliphatic heterocycles. The van der Waals surface area contributed by atoms with Gasteiger partial charge < -0.3 is 19.3 Å². The van der Waals surface area contributed by atoms with E-state index < -0.39 is 0 Å². The second-order valence-corrected chi connectivity index (χ2v) is 10.6. The van der Waals surface area contributed by atoms with Crippen molar-refractivity contribution in [3.8, 4) is 11.8 Å². The van der Waals surface area contributed by atoms with Crippen LogP contribution in [-0.2, 0) is 66.9 Å². The molecular weight excluding hydrogens is 675 g/mol. The van der Waals surface area contributed by atoms with E-state index in [9.17, 15) is 10.2 Å². The van der Waals surface area contributed by atoms with E-state index in [0.717, 1.165) is 17.9 Å². The van der Waals surface area contributed by atoms with Crippen LogP contribution in [-0.4, -0.2) is 42.2 Å². The largest absolute Gasteiger partial charge is 2.00 e. The Bertz CT molecular complexity index is 1670. The summed E-state index contributed by atoms with van der Waals surface area (Å²) in [5.74, 6) is 1.72. The van der Waals surface area contributed by atoms with Crippen LogP contribution < -0.4 is 10.2 Å². The first-order chi connectivity index (χ1) is 22.3. The zero-order chi connectivity index (χ0) is 35.7. The Labute approximate surface area is 286 Å². The predicted octanol–water partition coefficient (Wildman–Crippen LogP) is 5.14. The summed E-state index contributed by atoms with van der Waals surface area (Å²) in [4.78, 5) is 32.5. The average molecular weight is 713 g/mol. The Hall–Kier alpha value is -5.11. The molecule has 4 heterocycles. The number of carbonyl (C=O) groups excluding carboxylic acids is 4. The maximum Gasteiger partial charge on any atom is 2.00 e. The molecule has 0 N–H and O–H groups in total. The normalized spacial score (nSPS) is 10.7. The topological polar surface area (TPSA) is 252 Å². The summed E-state index contributed by atoms with van der Waals surface area (Å²) in [7, 11) is 0. The summed E-state index contributed by atoms with van der Waals surface area (Å²) in [5, 5.41) is 56.3. The van der Waals surface area contributed by atoms with Crippen molar-refractivity contribution in [1.29, 1.82) is 0 Å². The molecule has 262 valence electrons. The molecule has 48 heavy (non-hydrogen) atoms. The van der Waals surface area contributed by atoms with Gasteiger partial charge in [0.25, 0.3) is 0 Å². The molecule has 0 bridgehead atoms. The van der Waals surface area contributed by atoms with Crippen LogP contribution in [0.2, 0.25) is 0 Å². The number of hydrogen-bond acceptors (Lipinski definition) is 16. The molecule has 0 amide bonds. The maximum absolute atomic E-state index is 12.3. The fraction of sp³-hybridized carbons (Fsp3) is 0.517. The number of hydrogen-bond donors (Lipinski definition) is 0. The molecule has 4 aromatic rings. The smallest absolute Gasteiger partial charge is 0.857 e. The van der Waals surface area contributed by atoms with E-state index in [1.165, 1.54) is 9.36 Å². The van der Waals surface area contributed by atoms with E-state index in [2.05, 4.69) is 41.0 Å². The van der Waals surface area contributed by atoms with Crippen LogP contribution in [0.1, 0.15) is 91.3 Å². The number of nitrogens with zero attached hydrogens (tertiary/aromatic N) is 10. The first-order valence-electron chi connectivity index (χ1n) is 14.6. The van der Waals surface area contributed by atoms with Crippen molar-refractivity contribution in [1.82, 2.24) is 29.9 Å². The second kappa shape index (κ2) is 20.9. The van der Waals surface area contributed by atoms with Gasteiger partial charge in [-0.25, -0.2) is 0 Å². The zero-order valence-corrected chi connectivity index (χ0v) is 29.1. The summed E-state index contributed by atoms with van der Waals surface area (Å²) >= 11 is 0. The Morgan fingerprint density at radius 2 is 1.25 bits per heavy atom. The number of azo groups is 2. The summed E-state index contributed by atoms with van der Waals surface area (Å²) in [6.45, 7) is 18.1. The minimum absolute atomic E-state index is 0. The van der Waals surface area contributed by atoms with E-state index in [4.69, 9.17) is 28.2 Å². The maximum atomic E-state index is 12.3. The minimum Gasteiger partial charge on any atom is -0.857 e. The molecular formula is C29H38N10NiO8. The van der Waals surface area contributed by atoms with Gasteiger partial charge in [-0.05, 0) is 33.6 Å². The van der Waals surface area contributed by atoms with E-state index in [0.29, 0.717) is 42.4 Å².